The summed E-state index contributed by atoms with van der Waals surface area (Å²) < 4.78 is 1.91. The lowest BCUT2D eigenvalue weighted by atomic mass is 10.3. The highest BCUT2D eigenvalue weighted by Gasteiger charge is 1.99. The molecule has 0 bridgehead atoms. The highest BCUT2D eigenvalue weighted by molar-refractivity contribution is 5.72. The zero-order valence-corrected chi connectivity index (χ0v) is 6.29. The van der Waals surface area contributed by atoms with E-state index in [1.54, 1.807) is 0 Å². The van der Waals surface area contributed by atoms with Crippen LogP contribution in [0.2, 0.25) is 0 Å². The lowest BCUT2D eigenvalue weighted by Gasteiger charge is -1.99. The lowest BCUT2D eigenvalue weighted by molar-refractivity contribution is 0.111. The minimum absolute atomic E-state index is 0.747. The molecule has 0 radical (unpaired) electrons. The molecule has 0 atom stereocenters. The van der Waals surface area contributed by atoms with Crippen LogP contribution in [0.4, 0.5) is 0 Å². The first-order valence-electron chi connectivity index (χ1n) is 3.39. The molecule has 0 fully saturated rings. The van der Waals surface area contributed by atoms with E-state index in [0.29, 0.717) is 0 Å². The molecule has 0 aliphatic heterocycles. The predicted molar refractivity (Wildman–Crippen MR) is 40.2 cm³/mol. The van der Waals surface area contributed by atoms with Crippen LogP contribution in [0.1, 0.15) is 23.1 Å². The lowest BCUT2D eigenvalue weighted by Crippen LogP contribution is -1.98. The van der Waals surface area contributed by atoms with E-state index in [1.807, 2.05) is 23.7 Å². The van der Waals surface area contributed by atoms with E-state index in [2.05, 4.69) is 6.92 Å². The number of carbonyl (C=O) groups excluding carboxylic acids is 1. The molecule has 0 saturated carbocycles. The van der Waals surface area contributed by atoms with Gasteiger partial charge in [-0.05, 0) is 18.6 Å². The highest BCUT2D eigenvalue weighted by atomic mass is 16.1. The van der Waals surface area contributed by atoms with Crippen LogP contribution < -0.4 is 0 Å². The second kappa shape index (κ2) is 2.69. The van der Waals surface area contributed by atoms with Crippen molar-refractivity contribution in [3.8, 4) is 0 Å². The molecule has 10 heavy (non-hydrogen) atoms. The fraction of sp³-hybridized carbons (Fsp3) is 0.375. The Morgan fingerprint density at radius 3 is 2.60 bits per heavy atom. The second-order valence-electron chi connectivity index (χ2n) is 2.28. The third kappa shape index (κ3) is 0.967. The van der Waals surface area contributed by atoms with E-state index in [9.17, 15) is 4.79 Å². The summed E-state index contributed by atoms with van der Waals surface area (Å²) in [6.45, 7) is 2.07. The van der Waals surface area contributed by atoms with Crippen LogP contribution in [0.25, 0.3) is 0 Å². The maximum absolute atomic E-state index is 10.3. The zero-order valence-electron chi connectivity index (χ0n) is 6.29. The summed E-state index contributed by atoms with van der Waals surface area (Å²) in [5.41, 5.74) is 1.94. The summed E-state index contributed by atoms with van der Waals surface area (Å²) in [4.78, 5) is 10.3. The number of aldehydes is 1. The summed E-state index contributed by atoms with van der Waals surface area (Å²) >= 11 is 0. The van der Waals surface area contributed by atoms with Crippen molar-refractivity contribution in [2.45, 2.75) is 13.3 Å². The molecule has 2 heteroatoms. The normalized spacial score (nSPS) is 9.80. The molecule has 0 saturated heterocycles. The summed E-state index contributed by atoms with van der Waals surface area (Å²) in [5, 5.41) is 0. The van der Waals surface area contributed by atoms with Crippen molar-refractivity contribution in [2.75, 3.05) is 0 Å². The van der Waals surface area contributed by atoms with Crippen LogP contribution in [-0.4, -0.2) is 10.9 Å². The Hall–Kier alpha value is -1.05. The molecular formula is C8H11NO. The van der Waals surface area contributed by atoms with Gasteiger partial charge in [-0.25, -0.2) is 0 Å². The Morgan fingerprint density at radius 1 is 1.60 bits per heavy atom. The molecule has 1 aromatic heterocycles. The summed E-state index contributed by atoms with van der Waals surface area (Å²) in [7, 11) is 1.91. The fourth-order valence-corrected chi connectivity index (χ4v) is 1.04. The number of nitrogens with zero attached hydrogens (tertiary/aromatic N) is 1. The first kappa shape index (κ1) is 7.06. The first-order valence-corrected chi connectivity index (χ1v) is 3.39. The number of hydrogen-bond donors (Lipinski definition) is 0. The van der Waals surface area contributed by atoms with Gasteiger partial charge in [0.15, 0.2) is 6.29 Å². The largest absolute Gasteiger partial charge is 0.346 e. The SMILES string of the molecule is CCc1ccc(C=O)n1C. The topological polar surface area (TPSA) is 22.0 Å². The first-order chi connectivity index (χ1) is 4.79. The van der Waals surface area contributed by atoms with Crippen molar-refractivity contribution in [1.29, 1.82) is 0 Å². The fourth-order valence-electron chi connectivity index (χ4n) is 1.04. The van der Waals surface area contributed by atoms with Crippen molar-refractivity contribution in [2.24, 2.45) is 7.05 Å². The van der Waals surface area contributed by atoms with Crippen LogP contribution in [-0.2, 0) is 13.5 Å². The molecule has 0 unspecified atom stereocenters. The van der Waals surface area contributed by atoms with Crippen molar-refractivity contribution < 1.29 is 4.79 Å². The summed E-state index contributed by atoms with van der Waals surface area (Å²) in [6.07, 6.45) is 1.85. The molecule has 0 amide bonds. The average molecular weight is 137 g/mol. The van der Waals surface area contributed by atoms with E-state index in [1.165, 1.54) is 5.69 Å². The predicted octanol–water partition coefficient (Wildman–Crippen LogP) is 1.40. The Balaban J connectivity index is 3.08. The number of carbonyl (C=O) groups is 1. The molecule has 0 aliphatic rings. The van der Waals surface area contributed by atoms with E-state index in [-0.39, 0.29) is 0 Å². The Morgan fingerprint density at radius 2 is 2.30 bits per heavy atom. The van der Waals surface area contributed by atoms with Gasteiger partial charge in [0, 0.05) is 12.7 Å². The monoisotopic (exact) mass is 137 g/mol. The quantitative estimate of drug-likeness (QED) is 0.565. The molecule has 0 aromatic carbocycles. The van der Waals surface area contributed by atoms with Gasteiger partial charge in [0.2, 0.25) is 0 Å². The molecule has 0 aliphatic carbocycles. The standard InChI is InChI=1S/C8H11NO/c1-3-7-4-5-8(6-10)9(7)2/h4-6H,3H2,1-2H3. The number of aryl methyl sites for hydroxylation is 1. The third-order valence-electron chi connectivity index (χ3n) is 1.75. The van der Waals surface area contributed by atoms with Crippen molar-refractivity contribution in [1.82, 2.24) is 4.57 Å². The van der Waals surface area contributed by atoms with Crippen LogP contribution in [0.5, 0.6) is 0 Å². The molecule has 54 valence electrons. The van der Waals surface area contributed by atoms with Gasteiger partial charge in [-0.3, -0.25) is 4.79 Å². The third-order valence-corrected chi connectivity index (χ3v) is 1.75. The van der Waals surface area contributed by atoms with E-state index >= 15 is 0 Å². The maximum Gasteiger partial charge on any atom is 0.166 e. The van der Waals surface area contributed by atoms with Gasteiger partial charge in [-0.2, -0.15) is 0 Å². The highest BCUT2D eigenvalue weighted by Crippen LogP contribution is 2.04. The molecular weight excluding hydrogens is 126 g/mol. The van der Waals surface area contributed by atoms with Crippen molar-refractivity contribution >= 4 is 6.29 Å². The van der Waals surface area contributed by atoms with Crippen molar-refractivity contribution in [3.05, 3.63) is 23.5 Å². The zero-order chi connectivity index (χ0) is 7.56. The number of rotatable bonds is 2. The summed E-state index contributed by atoms with van der Waals surface area (Å²) in [5.74, 6) is 0. The molecule has 2 nitrogen and oxygen atoms in total. The molecule has 1 rings (SSSR count). The van der Waals surface area contributed by atoms with Gasteiger partial charge in [0.1, 0.15) is 0 Å². The summed E-state index contributed by atoms with van der Waals surface area (Å²) in [6, 6.07) is 3.82. The maximum atomic E-state index is 10.3. The van der Waals surface area contributed by atoms with E-state index in [0.717, 1.165) is 18.4 Å². The molecule has 0 spiro atoms. The van der Waals surface area contributed by atoms with Gasteiger partial charge in [-0.1, -0.05) is 6.92 Å². The molecule has 1 heterocycles. The minimum atomic E-state index is 0.747. The number of hydrogen-bond acceptors (Lipinski definition) is 1. The van der Waals surface area contributed by atoms with Gasteiger partial charge in [0.25, 0.3) is 0 Å². The molecule has 1 aromatic rings. The average Bonchev–Trinajstić information content (AvgIpc) is 2.30. The van der Waals surface area contributed by atoms with Crippen LogP contribution in [0, 0.1) is 0 Å². The smallest absolute Gasteiger partial charge is 0.166 e. The van der Waals surface area contributed by atoms with Gasteiger partial charge >= 0.3 is 0 Å². The molecule has 0 N–H and O–H groups in total. The van der Waals surface area contributed by atoms with E-state index in [4.69, 9.17) is 0 Å². The van der Waals surface area contributed by atoms with E-state index < -0.39 is 0 Å². The van der Waals surface area contributed by atoms with Gasteiger partial charge in [0.05, 0.1) is 5.69 Å². The van der Waals surface area contributed by atoms with Gasteiger partial charge < -0.3 is 4.57 Å². The van der Waals surface area contributed by atoms with Crippen molar-refractivity contribution in [3.63, 3.8) is 0 Å². The Labute approximate surface area is 60.5 Å². The van der Waals surface area contributed by atoms with Crippen LogP contribution >= 0.6 is 0 Å². The van der Waals surface area contributed by atoms with Crippen LogP contribution in [0.3, 0.4) is 0 Å². The second-order valence-corrected chi connectivity index (χ2v) is 2.28. The Bertz CT molecular complexity index is 237. The minimum Gasteiger partial charge on any atom is -0.346 e. The number of aromatic nitrogens is 1. The van der Waals surface area contributed by atoms with Crippen LogP contribution in [0.15, 0.2) is 12.1 Å². The Kier molecular flexibility index (Phi) is 1.90. The van der Waals surface area contributed by atoms with Gasteiger partial charge in [-0.15, -0.1) is 0 Å².